The number of nitrogens with zero attached hydrogens (tertiary/aromatic N) is 4. The van der Waals surface area contributed by atoms with Gasteiger partial charge in [-0.25, -0.2) is 15.0 Å². The third-order valence-corrected chi connectivity index (χ3v) is 6.82. The highest BCUT2D eigenvalue weighted by molar-refractivity contribution is 5.83. The van der Waals surface area contributed by atoms with Gasteiger partial charge in [-0.3, -0.25) is 0 Å². The zero-order valence-corrected chi connectivity index (χ0v) is 20.1. The van der Waals surface area contributed by atoms with E-state index in [4.69, 9.17) is 4.74 Å². The van der Waals surface area contributed by atoms with E-state index in [0.29, 0.717) is 22.2 Å². The van der Waals surface area contributed by atoms with Crippen LogP contribution >= 0.6 is 0 Å². The van der Waals surface area contributed by atoms with Crippen molar-refractivity contribution in [2.75, 3.05) is 0 Å². The lowest BCUT2D eigenvalue weighted by Gasteiger charge is -2.27. The molecule has 12 heteroatoms. The van der Waals surface area contributed by atoms with Crippen molar-refractivity contribution in [1.82, 2.24) is 19.5 Å². The first-order valence-electron chi connectivity index (χ1n) is 11.8. The summed E-state index contributed by atoms with van der Waals surface area (Å²) in [6.07, 6.45) is -4.90. The van der Waals surface area contributed by atoms with Crippen molar-refractivity contribution < 1.29 is 36.5 Å². The van der Waals surface area contributed by atoms with Crippen molar-refractivity contribution in [3.8, 4) is 16.9 Å². The highest BCUT2D eigenvalue weighted by atomic mass is 19.4. The number of alkyl halides is 5. The van der Waals surface area contributed by atoms with E-state index in [1.807, 2.05) is 0 Å². The van der Waals surface area contributed by atoms with Gasteiger partial charge in [0.15, 0.2) is 11.9 Å². The maximum Gasteiger partial charge on any atom is 0.418 e. The summed E-state index contributed by atoms with van der Waals surface area (Å²) in [7, 11) is 0. The molecular formula is C26H21F5N4O3. The molecule has 0 aliphatic carbocycles. The molecule has 2 aromatic carbocycles. The molecule has 0 fully saturated rings. The van der Waals surface area contributed by atoms with Gasteiger partial charge < -0.3 is 19.1 Å². The third kappa shape index (κ3) is 3.99. The quantitative estimate of drug-likeness (QED) is 0.325. The van der Waals surface area contributed by atoms with Crippen molar-refractivity contribution >= 4 is 11.0 Å². The molecule has 198 valence electrons. The SMILES string of the molecule is CC(C)(O)c1ncc(-c2ccc3nc4n(c3c2)[C@H]2C[C@@H]4O[C@@H](C(F)(F)F)c3cccc(OC(F)F)c32)cn1. The zero-order chi connectivity index (χ0) is 27.0. The number of fused-ring (bicyclic) bond motifs is 9. The molecule has 38 heavy (non-hydrogen) atoms. The maximum absolute atomic E-state index is 14.1. The van der Waals surface area contributed by atoms with Gasteiger partial charge in [0, 0.05) is 29.9 Å². The molecule has 6 rings (SSSR count). The van der Waals surface area contributed by atoms with Crippen LogP contribution in [-0.4, -0.2) is 37.4 Å². The zero-order valence-electron chi connectivity index (χ0n) is 20.1. The second kappa shape index (κ2) is 8.43. The second-order valence-corrected chi connectivity index (χ2v) is 9.83. The van der Waals surface area contributed by atoms with E-state index >= 15 is 0 Å². The van der Waals surface area contributed by atoms with Crippen LogP contribution in [0.3, 0.4) is 0 Å². The maximum atomic E-state index is 14.1. The van der Waals surface area contributed by atoms with Crippen LogP contribution in [0.15, 0.2) is 48.8 Å². The fourth-order valence-electron chi connectivity index (χ4n) is 5.25. The van der Waals surface area contributed by atoms with Crippen molar-refractivity contribution in [2.45, 2.75) is 56.9 Å². The molecule has 7 nitrogen and oxygen atoms in total. The van der Waals surface area contributed by atoms with Gasteiger partial charge in [0.05, 0.1) is 17.1 Å². The molecule has 4 aromatic rings. The Balaban J connectivity index is 1.51. The minimum atomic E-state index is -4.78. The number of aromatic nitrogens is 4. The molecular weight excluding hydrogens is 511 g/mol. The summed E-state index contributed by atoms with van der Waals surface area (Å²) in [5.74, 6) is 0.196. The normalized spacial score (nSPS) is 20.9. The Hall–Kier alpha value is -3.64. The smallest absolute Gasteiger partial charge is 0.418 e. The summed E-state index contributed by atoms with van der Waals surface area (Å²) in [6, 6.07) is 8.23. The molecule has 4 heterocycles. The van der Waals surface area contributed by atoms with Gasteiger partial charge in [0.2, 0.25) is 0 Å². The Bertz CT molecular complexity index is 1530. The van der Waals surface area contributed by atoms with E-state index < -0.39 is 36.6 Å². The molecule has 2 aliphatic rings. The Morgan fingerprint density at radius 2 is 1.82 bits per heavy atom. The lowest BCUT2D eigenvalue weighted by atomic mass is 9.94. The van der Waals surface area contributed by atoms with E-state index in [0.717, 1.165) is 0 Å². The summed E-state index contributed by atoms with van der Waals surface area (Å²) in [4.78, 5) is 13.0. The molecule has 2 aromatic heterocycles. The number of benzene rings is 2. The van der Waals surface area contributed by atoms with E-state index in [2.05, 4.69) is 19.7 Å². The van der Waals surface area contributed by atoms with E-state index in [9.17, 15) is 27.1 Å². The topological polar surface area (TPSA) is 82.3 Å². The number of hydrogen-bond donors (Lipinski definition) is 1. The van der Waals surface area contributed by atoms with Crippen molar-refractivity contribution in [3.63, 3.8) is 0 Å². The lowest BCUT2D eigenvalue weighted by molar-refractivity contribution is -0.237. The van der Waals surface area contributed by atoms with Crippen LogP contribution in [0.25, 0.3) is 22.2 Å². The lowest BCUT2D eigenvalue weighted by Crippen LogP contribution is -2.26. The van der Waals surface area contributed by atoms with Gasteiger partial charge in [0.25, 0.3) is 0 Å². The highest BCUT2D eigenvalue weighted by Crippen LogP contribution is 2.55. The Morgan fingerprint density at radius 3 is 2.47 bits per heavy atom. The average molecular weight is 532 g/mol. The minimum Gasteiger partial charge on any atom is -0.434 e. The molecule has 0 saturated carbocycles. The monoisotopic (exact) mass is 532 g/mol. The largest absolute Gasteiger partial charge is 0.434 e. The van der Waals surface area contributed by atoms with Crippen molar-refractivity contribution in [1.29, 1.82) is 0 Å². The number of halogens is 5. The first-order valence-corrected chi connectivity index (χ1v) is 11.8. The molecule has 1 N–H and O–H groups in total. The molecule has 0 spiro atoms. The van der Waals surface area contributed by atoms with Gasteiger partial charge in [-0.15, -0.1) is 0 Å². The minimum absolute atomic E-state index is 0.000980. The Labute approximate surface area is 212 Å². The molecule has 0 unspecified atom stereocenters. The molecule has 2 bridgehead atoms. The van der Waals surface area contributed by atoms with Gasteiger partial charge in [-0.2, -0.15) is 22.0 Å². The second-order valence-electron chi connectivity index (χ2n) is 9.83. The summed E-state index contributed by atoms with van der Waals surface area (Å²) in [5.41, 5.74) is 0.960. The molecule has 2 aliphatic heterocycles. The Kier molecular flexibility index (Phi) is 5.48. The standard InChI is InChI=1S/C26H21F5N4O3/c1-25(2,36)23-32-10-13(11-33-23)12-6-7-15-16(8-12)35-17-9-19(22(35)34-15)37-21(26(29,30)31)14-4-3-5-18(20(14)17)38-24(27)28/h3-8,10-11,17,19,21,24,36H,9H2,1-2H3/t17-,19-,21+/m0/s1. The van der Waals surface area contributed by atoms with Crippen LogP contribution in [0.4, 0.5) is 22.0 Å². The van der Waals surface area contributed by atoms with Crippen LogP contribution in [0, 0.1) is 0 Å². The fraction of sp³-hybridized carbons (Fsp3) is 0.346. The molecule has 0 saturated heterocycles. The molecule has 0 amide bonds. The number of rotatable bonds is 4. The van der Waals surface area contributed by atoms with E-state index in [1.165, 1.54) is 18.2 Å². The summed E-state index contributed by atoms with van der Waals surface area (Å²) in [6.45, 7) is -0.0800. The summed E-state index contributed by atoms with van der Waals surface area (Å²) >= 11 is 0. The van der Waals surface area contributed by atoms with Crippen LogP contribution in [0.2, 0.25) is 0 Å². The van der Waals surface area contributed by atoms with Gasteiger partial charge in [-0.05, 0) is 43.2 Å². The van der Waals surface area contributed by atoms with Crippen LogP contribution in [0.1, 0.15) is 61.3 Å². The summed E-state index contributed by atoms with van der Waals surface area (Å²) < 4.78 is 80.8. The predicted molar refractivity (Wildman–Crippen MR) is 124 cm³/mol. The van der Waals surface area contributed by atoms with Crippen molar-refractivity contribution in [3.05, 3.63) is 71.6 Å². The average Bonchev–Trinajstić information content (AvgIpc) is 3.31. The van der Waals surface area contributed by atoms with Gasteiger partial charge in [-0.1, -0.05) is 18.2 Å². The molecule has 0 radical (unpaired) electrons. The summed E-state index contributed by atoms with van der Waals surface area (Å²) in [5, 5.41) is 10.1. The van der Waals surface area contributed by atoms with Crippen LogP contribution < -0.4 is 4.74 Å². The first-order chi connectivity index (χ1) is 17.9. The van der Waals surface area contributed by atoms with Gasteiger partial charge >= 0.3 is 12.8 Å². The Morgan fingerprint density at radius 1 is 1.08 bits per heavy atom. The van der Waals surface area contributed by atoms with Crippen LogP contribution in [-0.2, 0) is 10.3 Å². The number of hydrogen-bond acceptors (Lipinski definition) is 6. The first kappa shape index (κ1) is 24.7. The highest BCUT2D eigenvalue weighted by Gasteiger charge is 2.51. The van der Waals surface area contributed by atoms with Gasteiger partial charge in [0.1, 0.15) is 23.3 Å². The fourth-order valence-corrected chi connectivity index (χ4v) is 5.25. The molecule has 3 atom stereocenters. The number of ether oxygens (including phenoxy) is 2. The number of aliphatic hydroxyl groups is 1. The van der Waals surface area contributed by atoms with E-state index in [-0.39, 0.29) is 34.9 Å². The predicted octanol–water partition coefficient (Wildman–Crippen LogP) is 5.99. The van der Waals surface area contributed by atoms with E-state index in [1.54, 1.807) is 49.0 Å². The third-order valence-electron chi connectivity index (χ3n) is 6.82. The van der Waals surface area contributed by atoms with Crippen LogP contribution in [0.5, 0.6) is 5.75 Å². The van der Waals surface area contributed by atoms with Crippen molar-refractivity contribution in [2.24, 2.45) is 0 Å². The number of imidazole rings is 1.